The first-order valence-electron chi connectivity index (χ1n) is 7.92. The summed E-state index contributed by atoms with van der Waals surface area (Å²) in [6.07, 6.45) is 3.35. The third-order valence-corrected chi connectivity index (χ3v) is 4.42. The van der Waals surface area contributed by atoms with E-state index in [-0.39, 0.29) is 6.03 Å². The lowest BCUT2D eigenvalue weighted by Crippen LogP contribution is -2.50. The number of amides is 2. The third-order valence-electron chi connectivity index (χ3n) is 4.42. The van der Waals surface area contributed by atoms with Gasteiger partial charge >= 0.3 is 6.03 Å². The van der Waals surface area contributed by atoms with Crippen molar-refractivity contribution in [3.8, 4) is 0 Å². The number of carbonyl (C=O) groups excluding carboxylic acids is 1. The van der Waals surface area contributed by atoms with Gasteiger partial charge in [0.25, 0.3) is 0 Å². The number of urea groups is 1. The summed E-state index contributed by atoms with van der Waals surface area (Å²) in [5.74, 6) is 0. The predicted octanol–water partition coefficient (Wildman–Crippen LogP) is 3.05. The number of anilines is 2. The van der Waals surface area contributed by atoms with E-state index in [4.69, 9.17) is 0 Å². The molecule has 5 heteroatoms. The quantitative estimate of drug-likeness (QED) is 0.927. The molecule has 2 aromatic rings. The Balaban J connectivity index is 1.60. The minimum Gasteiger partial charge on any atom is -0.368 e. The molecule has 1 aliphatic rings. The molecule has 2 amide bonds. The number of benzene rings is 1. The lowest BCUT2D eigenvalue weighted by molar-refractivity contribution is 0.208. The molecule has 0 atom stereocenters. The summed E-state index contributed by atoms with van der Waals surface area (Å²) in [5.41, 5.74) is 4.68. The number of pyridine rings is 1. The van der Waals surface area contributed by atoms with Gasteiger partial charge in [0.15, 0.2) is 0 Å². The Kier molecular flexibility index (Phi) is 4.46. The largest absolute Gasteiger partial charge is 0.368 e. The van der Waals surface area contributed by atoms with Crippen LogP contribution in [0.4, 0.5) is 16.2 Å². The molecule has 1 fully saturated rings. The molecule has 1 aromatic carbocycles. The lowest BCUT2D eigenvalue weighted by atomic mass is 10.1. The van der Waals surface area contributed by atoms with E-state index < -0.39 is 0 Å². The Morgan fingerprint density at radius 1 is 1.04 bits per heavy atom. The van der Waals surface area contributed by atoms with Crippen molar-refractivity contribution in [2.75, 3.05) is 36.4 Å². The minimum atomic E-state index is -0.0446. The first-order chi connectivity index (χ1) is 11.1. The highest BCUT2D eigenvalue weighted by molar-refractivity contribution is 5.89. The van der Waals surface area contributed by atoms with Crippen molar-refractivity contribution in [1.29, 1.82) is 0 Å². The Labute approximate surface area is 136 Å². The number of nitrogens with one attached hydrogen (secondary N) is 1. The Bertz CT molecular complexity index is 679. The minimum absolute atomic E-state index is 0.0446. The van der Waals surface area contributed by atoms with Crippen molar-refractivity contribution in [3.05, 3.63) is 53.9 Å². The maximum atomic E-state index is 12.3. The maximum absolute atomic E-state index is 12.3. The topological polar surface area (TPSA) is 48.5 Å². The van der Waals surface area contributed by atoms with Gasteiger partial charge in [0.1, 0.15) is 0 Å². The van der Waals surface area contributed by atoms with Crippen molar-refractivity contribution in [2.24, 2.45) is 0 Å². The highest BCUT2D eigenvalue weighted by Gasteiger charge is 2.22. The van der Waals surface area contributed by atoms with Crippen LogP contribution in [0.3, 0.4) is 0 Å². The number of rotatable bonds is 2. The number of carbonyl (C=O) groups is 1. The zero-order valence-electron chi connectivity index (χ0n) is 13.6. The molecule has 0 saturated carbocycles. The summed E-state index contributed by atoms with van der Waals surface area (Å²) in [6, 6.07) is 9.94. The summed E-state index contributed by atoms with van der Waals surface area (Å²) >= 11 is 0. The van der Waals surface area contributed by atoms with Gasteiger partial charge in [-0.1, -0.05) is 12.1 Å². The van der Waals surface area contributed by atoms with Gasteiger partial charge in [-0.25, -0.2) is 4.79 Å². The molecule has 23 heavy (non-hydrogen) atoms. The summed E-state index contributed by atoms with van der Waals surface area (Å²) in [5, 5.41) is 2.92. The summed E-state index contributed by atoms with van der Waals surface area (Å²) in [7, 11) is 0. The maximum Gasteiger partial charge on any atom is 0.321 e. The average Bonchev–Trinajstić information content (AvgIpc) is 2.58. The second-order valence-corrected chi connectivity index (χ2v) is 5.86. The molecule has 2 heterocycles. The molecule has 0 spiro atoms. The molecule has 1 N–H and O–H groups in total. The van der Waals surface area contributed by atoms with E-state index in [9.17, 15) is 4.79 Å². The predicted molar refractivity (Wildman–Crippen MR) is 93.0 cm³/mol. The molecule has 0 radical (unpaired) electrons. The van der Waals surface area contributed by atoms with Crippen LogP contribution < -0.4 is 10.2 Å². The van der Waals surface area contributed by atoms with Gasteiger partial charge in [0, 0.05) is 49.9 Å². The van der Waals surface area contributed by atoms with E-state index >= 15 is 0 Å². The Hall–Kier alpha value is -2.56. The zero-order chi connectivity index (χ0) is 16.2. The van der Waals surface area contributed by atoms with E-state index in [0.717, 1.165) is 31.9 Å². The van der Waals surface area contributed by atoms with Crippen LogP contribution in [0.5, 0.6) is 0 Å². The molecule has 1 saturated heterocycles. The number of piperazine rings is 1. The van der Waals surface area contributed by atoms with Crippen molar-refractivity contribution in [1.82, 2.24) is 9.88 Å². The van der Waals surface area contributed by atoms with Gasteiger partial charge in [-0.3, -0.25) is 4.98 Å². The normalized spacial score (nSPS) is 14.7. The number of aromatic nitrogens is 1. The fourth-order valence-electron chi connectivity index (χ4n) is 2.87. The van der Waals surface area contributed by atoms with E-state index in [0.29, 0.717) is 0 Å². The van der Waals surface area contributed by atoms with Crippen molar-refractivity contribution < 1.29 is 4.79 Å². The first kappa shape index (κ1) is 15.3. The first-order valence-corrected chi connectivity index (χ1v) is 7.92. The van der Waals surface area contributed by atoms with Gasteiger partial charge < -0.3 is 15.1 Å². The van der Waals surface area contributed by atoms with Gasteiger partial charge in [-0.05, 0) is 43.2 Å². The fourth-order valence-corrected chi connectivity index (χ4v) is 2.87. The van der Waals surface area contributed by atoms with Gasteiger partial charge in [-0.15, -0.1) is 0 Å². The molecule has 5 nitrogen and oxygen atoms in total. The second-order valence-electron chi connectivity index (χ2n) is 5.86. The van der Waals surface area contributed by atoms with Crippen LogP contribution in [0.2, 0.25) is 0 Å². The van der Waals surface area contributed by atoms with Crippen LogP contribution in [-0.2, 0) is 0 Å². The molecule has 120 valence electrons. The second kappa shape index (κ2) is 6.69. The number of aryl methyl sites for hydroxylation is 1. The highest BCUT2D eigenvalue weighted by atomic mass is 16.2. The third kappa shape index (κ3) is 3.44. The molecular weight excluding hydrogens is 288 g/mol. The van der Waals surface area contributed by atoms with Crippen LogP contribution in [0.25, 0.3) is 0 Å². The van der Waals surface area contributed by atoms with Crippen LogP contribution in [0, 0.1) is 13.8 Å². The van der Waals surface area contributed by atoms with E-state index in [1.165, 1.54) is 16.8 Å². The van der Waals surface area contributed by atoms with E-state index in [1.807, 2.05) is 4.90 Å². The van der Waals surface area contributed by atoms with Crippen LogP contribution in [-0.4, -0.2) is 42.1 Å². The van der Waals surface area contributed by atoms with E-state index in [1.54, 1.807) is 24.5 Å². The average molecular weight is 310 g/mol. The fraction of sp³-hybridized carbons (Fsp3) is 0.333. The van der Waals surface area contributed by atoms with Crippen molar-refractivity contribution in [3.63, 3.8) is 0 Å². The van der Waals surface area contributed by atoms with Crippen LogP contribution in [0.15, 0.2) is 42.7 Å². The van der Waals surface area contributed by atoms with Crippen molar-refractivity contribution in [2.45, 2.75) is 13.8 Å². The number of hydrogen-bond acceptors (Lipinski definition) is 3. The smallest absolute Gasteiger partial charge is 0.321 e. The van der Waals surface area contributed by atoms with Gasteiger partial charge in [0.2, 0.25) is 0 Å². The zero-order valence-corrected chi connectivity index (χ0v) is 13.6. The van der Waals surface area contributed by atoms with Gasteiger partial charge in [0.05, 0.1) is 0 Å². The highest BCUT2D eigenvalue weighted by Crippen LogP contribution is 2.24. The monoisotopic (exact) mass is 310 g/mol. The molecule has 0 aliphatic carbocycles. The number of nitrogens with zero attached hydrogens (tertiary/aromatic N) is 3. The molecular formula is C18H22N4O. The molecule has 3 rings (SSSR count). The molecule has 1 aliphatic heterocycles. The summed E-state index contributed by atoms with van der Waals surface area (Å²) < 4.78 is 0. The SMILES string of the molecule is Cc1cccc(N2CCN(C(=O)Nc3ccncc3)CC2)c1C. The van der Waals surface area contributed by atoms with Crippen molar-refractivity contribution >= 4 is 17.4 Å². The summed E-state index contributed by atoms with van der Waals surface area (Å²) in [4.78, 5) is 20.5. The van der Waals surface area contributed by atoms with Crippen LogP contribution in [0.1, 0.15) is 11.1 Å². The Morgan fingerprint density at radius 3 is 2.43 bits per heavy atom. The molecule has 1 aromatic heterocycles. The molecule has 0 unspecified atom stereocenters. The standard InChI is InChI=1S/C18H22N4O/c1-14-4-3-5-17(15(14)2)21-10-12-22(13-11-21)18(23)20-16-6-8-19-9-7-16/h3-9H,10-13H2,1-2H3,(H,19,20,23). The summed E-state index contributed by atoms with van der Waals surface area (Å²) in [6.45, 7) is 7.46. The Morgan fingerprint density at radius 2 is 1.74 bits per heavy atom. The molecule has 0 bridgehead atoms. The van der Waals surface area contributed by atoms with E-state index in [2.05, 4.69) is 47.2 Å². The number of hydrogen-bond donors (Lipinski definition) is 1. The van der Waals surface area contributed by atoms with Gasteiger partial charge in [-0.2, -0.15) is 0 Å². The van der Waals surface area contributed by atoms with Crippen LogP contribution >= 0.6 is 0 Å². The lowest BCUT2D eigenvalue weighted by Gasteiger charge is -2.37.